The van der Waals surface area contributed by atoms with E-state index in [1.807, 2.05) is 35.2 Å². The zero-order valence-corrected chi connectivity index (χ0v) is 18.7. The van der Waals surface area contributed by atoms with Gasteiger partial charge in [-0.05, 0) is 36.4 Å². The zero-order chi connectivity index (χ0) is 24.2. The number of ether oxygens (including phenoxy) is 1. The van der Waals surface area contributed by atoms with Gasteiger partial charge in [0.05, 0.1) is 5.56 Å². The molecule has 1 fully saturated rings. The molecule has 35 heavy (non-hydrogen) atoms. The van der Waals surface area contributed by atoms with Gasteiger partial charge in [-0.15, -0.1) is 0 Å². The Balaban J connectivity index is 1.25. The highest BCUT2D eigenvalue weighted by molar-refractivity contribution is 5.94. The number of aromatic nitrogens is 1. The fourth-order valence-corrected chi connectivity index (χ4v) is 3.86. The molecule has 1 aliphatic heterocycles. The van der Waals surface area contributed by atoms with E-state index in [1.165, 1.54) is 12.1 Å². The van der Waals surface area contributed by atoms with Crippen LogP contribution in [0.3, 0.4) is 0 Å². The number of hydrogen-bond acceptors (Lipinski definition) is 7. The van der Waals surface area contributed by atoms with Gasteiger partial charge in [0.1, 0.15) is 30.0 Å². The zero-order valence-electron chi connectivity index (χ0n) is 18.7. The van der Waals surface area contributed by atoms with Crippen LogP contribution in [0.25, 0.3) is 11.7 Å². The van der Waals surface area contributed by atoms with Gasteiger partial charge in [0, 0.05) is 26.2 Å². The number of halogens is 1. The molecule has 9 heteroatoms. The van der Waals surface area contributed by atoms with E-state index in [1.54, 1.807) is 29.2 Å². The Bertz CT molecular complexity index is 1370. The fraction of sp³-hybridized carbons (Fsp3) is 0.192. The molecule has 0 bridgehead atoms. The van der Waals surface area contributed by atoms with E-state index < -0.39 is 5.82 Å². The summed E-state index contributed by atoms with van der Waals surface area (Å²) < 4.78 is 31.4. The molecular weight excluding hydrogens is 451 g/mol. The van der Waals surface area contributed by atoms with Crippen LogP contribution in [0.1, 0.15) is 21.8 Å². The summed E-state index contributed by atoms with van der Waals surface area (Å²) in [6, 6.07) is 20.9. The maximum absolute atomic E-state index is 14.0. The topological polar surface area (TPSA) is 95.7 Å². The Labute approximate surface area is 200 Å². The molecule has 0 saturated carbocycles. The lowest BCUT2D eigenvalue weighted by Gasteiger charge is -2.34. The molecule has 4 aromatic rings. The molecule has 176 valence electrons. The second-order valence-electron chi connectivity index (χ2n) is 7.91. The van der Waals surface area contributed by atoms with Gasteiger partial charge in [0.2, 0.25) is 11.6 Å². The largest absolute Gasteiger partial charge is 0.486 e. The lowest BCUT2D eigenvalue weighted by Crippen LogP contribution is -2.49. The second kappa shape index (κ2) is 9.73. The highest BCUT2D eigenvalue weighted by Gasteiger charge is 2.28. The number of oxazole rings is 1. The number of piperazine rings is 1. The average Bonchev–Trinajstić information content (AvgIpc) is 3.55. The van der Waals surface area contributed by atoms with Gasteiger partial charge in [-0.3, -0.25) is 4.79 Å². The van der Waals surface area contributed by atoms with Crippen molar-refractivity contribution in [3.8, 4) is 23.5 Å². The summed E-state index contributed by atoms with van der Waals surface area (Å²) in [5, 5.41) is 9.59. The highest BCUT2D eigenvalue weighted by atomic mass is 19.1. The molecule has 2 aromatic carbocycles. The maximum atomic E-state index is 14.0. The van der Waals surface area contributed by atoms with Gasteiger partial charge >= 0.3 is 0 Å². The Morgan fingerprint density at radius 3 is 2.49 bits per heavy atom. The summed E-state index contributed by atoms with van der Waals surface area (Å²) >= 11 is 0. The van der Waals surface area contributed by atoms with E-state index in [2.05, 4.69) is 11.1 Å². The molecule has 0 aliphatic carbocycles. The van der Waals surface area contributed by atoms with Gasteiger partial charge in [-0.2, -0.15) is 10.2 Å². The summed E-state index contributed by atoms with van der Waals surface area (Å²) in [6.45, 7) is 1.78. The SMILES string of the molecule is N#Cc1nc(-c2ccc(COc3ccccc3)o2)oc1N1CCN(C(=O)c2ccccc2F)CC1. The number of benzene rings is 2. The van der Waals surface area contributed by atoms with Crippen LogP contribution in [0, 0.1) is 17.1 Å². The third kappa shape index (κ3) is 4.73. The van der Waals surface area contributed by atoms with Gasteiger partial charge in [-0.1, -0.05) is 30.3 Å². The molecule has 1 amide bonds. The summed E-state index contributed by atoms with van der Waals surface area (Å²) in [6.07, 6.45) is 0. The normalized spacial score (nSPS) is 13.5. The average molecular weight is 472 g/mol. The first-order valence-electron chi connectivity index (χ1n) is 11.1. The summed E-state index contributed by atoms with van der Waals surface area (Å²) in [5.74, 6) is 1.30. The lowest BCUT2D eigenvalue weighted by atomic mass is 10.1. The molecule has 1 saturated heterocycles. The van der Waals surface area contributed by atoms with Crippen molar-refractivity contribution in [2.24, 2.45) is 0 Å². The minimum atomic E-state index is -0.543. The van der Waals surface area contributed by atoms with E-state index in [-0.39, 0.29) is 29.7 Å². The highest BCUT2D eigenvalue weighted by Crippen LogP contribution is 2.30. The molecule has 1 aliphatic rings. The van der Waals surface area contributed by atoms with Crippen molar-refractivity contribution in [2.45, 2.75) is 6.61 Å². The van der Waals surface area contributed by atoms with Gasteiger partial charge in [-0.25, -0.2) is 4.39 Å². The van der Waals surface area contributed by atoms with Crippen LogP contribution in [0.5, 0.6) is 5.75 Å². The number of carbonyl (C=O) groups excluding carboxylic acids is 1. The Hall–Kier alpha value is -4.58. The van der Waals surface area contributed by atoms with E-state index in [0.29, 0.717) is 43.6 Å². The van der Waals surface area contributed by atoms with E-state index in [4.69, 9.17) is 13.6 Å². The van der Waals surface area contributed by atoms with Crippen molar-refractivity contribution in [1.82, 2.24) is 9.88 Å². The van der Waals surface area contributed by atoms with E-state index >= 15 is 0 Å². The molecule has 0 atom stereocenters. The van der Waals surface area contributed by atoms with Gasteiger partial charge in [0.25, 0.3) is 11.8 Å². The first kappa shape index (κ1) is 22.2. The predicted molar refractivity (Wildman–Crippen MR) is 124 cm³/mol. The van der Waals surface area contributed by atoms with E-state index in [0.717, 1.165) is 5.75 Å². The Morgan fingerprint density at radius 2 is 1.74 bits per heavy atom. The number of rotatable bonds is 6. The third-order valence-electron chi connectivity index (χ3n) is 5.67. The number of hydrogen-bond donors (Lipinski definition) is 0. The Kier molecular flexibility index (Phi) is 6.18. The monoisotopic (exact) mass is 472 g/mol. The van der Waals surface area contributed by atoms with Gasteiger partial charge in [0.15, 0.2) is 5.76 Å². The fourth-order valence-electron chi connectivity index (χ4n) is 3.86. The van der Waals surface area contributed by atoms with Crippen LogP contribution < -0.4 is 9.64 Å². The minimum absolute atomic E-state index is 0.0467. The number of amides is 1. The number of carbonyl (C=O) groups is 1. The maximum Gasteiger partial charge on any atom is 0.266 e. The Morgan fingerprint density at radius 1 is 1.00 bits per heavy atom. The molecule has 8 nitrogen and oxygen atoms in total. The molecule has 3 heterocycles. The van der Waals surface area contributed by atoms with Crippen molar-refractivity contribution in [3.63, 3.8) is 0 Å². The minimum Gasteiger partial charge on any atom is -0.486 e. The standard InChI is InChI=1S/C26H21FN4O4/c27-21-9-5-4-8-20(21)25(32)30-12-14-31(15-13-30)26-22(16-28)29-24(35-26)23-11-10-19(34-23)17-33-18-6-2-1-3-7-18/h1-11H,12-15,17H2. The smallest absolute Gasteiger partial charge is 0.266 e. The van der Waals surface area contributed by atoms with Crippen molar-refractivity contribution >= 4 is 11.8 Å². The van der Waals surface area contributed by atoms with Crippen LogP contribution in [-0.4, -0.2) is 42.0 Å². The summed E-state index contributed by atoms with van der Waals surface area (Å²) in [4.78, 5) is 20.4. The number of para-hydroxylation sites is 1. The van der Waals surface area contributed by atoms with Crippen molar-refractivity contribution in [2.75, 3.05) is 31.1 Å². The van der Waals surface area contributed by atoms with Crippen LogP contribution in [0.15, 0.2) is 75.6 Å². The first-order chi connectivity index (χ1) is 17.1. The first-order valence-corrected chi connectivity index (χ1v) is 11.1. The van der Waals surface area contributed by atoms with Crippen LogP contribution in [0.2, 0.25) is 0 Å². The molecule has 0 spiro atoms. The molecule has 0 unspecified atom stereocenters. The summed E-state index contributed by atoms with van der Waals surface area (Å²) in [5.41, 5.74) is 0.179. The van der Waals surface area contributed by atoms with Crippen molar-refractivity contribution in [3.05, 3.63) is 89.6 Å². The summed E-state index contributed by atoms with van der Waals surface area (Å²) in [7, 11) is 0. The predicted octanol–water partition coefficient (Wildman–Crippen LogP) is 4.49. The van der Waals surface area contributed by atoms with E-state index in [9.17, 15) is 14.4 Å². The molecule has 2 aromatic heterocycles. The second-order valence-corrected chi connectivity index (χ2v) is 7.91. The number of furan rings is 1. The van der Waals surface area contributed by atoms with Crippen LogP contribution in [0.4, 0.5) is 10.3 Å². The molecular formula is C26H21FN4O4. The van der Waals surface area contributed by atoms with Crippen molar-refractivity contribution in [1.29, 1.82) is 5.26 Å². The molecule has 0 N–H and O–H groups in total. The third-order valence-corrected chi connectivity index (χ3v) is 5.67. The molecule has 5 rings (SSSR count). The number of nitriles is 1. The number of anilines is 1. The molecule has 0 radical (unpaired) electrons. The lowest BCUT2D eigenvalue weighted by molar-refractivity contribution is 0.0740. The van der Waals surface area contributed by atoms with Crippen LogP contribution >= 0.6 is 0 Å². The quantitative estimate of drug-likeness (QED) is 0.408. The van der Waals surface area contributed by atoms with Gasteiger partial charge < -0.3 is 23.4 Å². The number of nitrogens with zero attached hydrogens (tertiary/aromatic N) is 4. The van der Waals surface area contributed by atoms with Crippen molar-refractivity contribution < 1.29 is 22.8 Å². The van der Waals surface area contributed by atoms with Crippen LogP contribution in [-0.2, 0) is 6.61 Å².